The first-order valence-corrected chi connectivity index (χ1v) is 19.3. The monoisotopic (exact) mass is 727 g/mol. The Hall–Kier alpha value is -1.87. The van der Waals surface area contributed by atoms with Gasteiger partial charge >= 0.3 is 0 Å². The number of aliphatic hydroxyl groups excluding tert-OH is 1. The van der Waals surface area contributed by atoms with E-state index in [0.717, 1.165) is 25.8 Å². The van der Waals surface area contributed by atoms with Crippen molar-refractivity contribution < 1.29 is 28.8 Å². The van der Waals surface area contributed by atoms with Crippen molar-refractivity contribution in [2.24, 2.45) is 22.7 Å². The highest BCUT2D eigenvalue weighted by molar-refractivity contribution is 7.91. The number of rotatable bonds is 23. The Kier molecular flexibility index (Phi) is 20.5. The van der Waals surface area contributed by atoms with E-state index in [9.17, 15) is 28.8 Å². The highest BCUT2D eigenvalue weighted by atomic mass is 32.2. The standard InChI is InChI=1S/C37H70N6O6S/c1-12-14-19-27(31(45)29(44)13-2)39-33(46)28-22-26(18-15-17-25(3)4)23-43(28)34(47)32(37(8,9)10)41-35(48)40-30(36(5,6)7)24-42(50-49)21-16-20-38-11/h15,18,25-28,30,32,35,38,40-41,48-49H,12-14,16-17,19-24H2,1-11H3,(H,39,46)/b18-15+/t26?,27?,28-,30+,32+,35?/m0/s1. The molecule has 1 fully saturated rings. The van der Waals surface area contributed by atoms with E-state index in [1.54, 1.807) is 11.8 Å². The first-order valence-electron chi connectivity index (χ1n) is 18.6. The fourth-order valence-corrected chi connectivity index (χ4v) is 6.42. The van der Waals surface area contributed by atoms with Crippen LogP contribution >= 0.6 is 12.2 Å². The number of aliphatic hydroxyl groups is 1. The molecule has 0 aromatic carbocycles. The van der Waals surface area contributed by atoms with Crippen LogP contribution in [0, 0.1) is 22.7 Å². The molecule has 1 aliphatic rings. The van der Waals surface area contributed by atoms with Crippen LogP contribution in [-0.4, -0.2) is 106 Å². The number of allylic oxidation sites excluding steroid dienone is 1. The van der Waals surface area contributed by atoms with Crippen molar-refractivity contribution in [2.45, 2.75) is 145 Å². The Morgan fingerprint density at radius 1 is 1.02 bits per heavy atom. The van der Waals surface area contributed by atoms with E-state index in [0.29, 0.717) is 57.0 Å². The third-order valence-corrected chi connectivity index (χ3v) is 9.75. The minimum atomic E-state index is -1.28. The molecule has 1 heterocycles. The summed E-state index contributed by atoms with van der Waals surface area (Å²) in [6, 6.07) is -2.93. The Morgan fingerprint density at radius 2 is 1.68 bits per heavy atom. The molecule has 3 unspecified atom stereocenters. The summed E-state index contributed by atoms with van der Waals surface area (Å²) in [7, 11) is 1.88. The second-order valence-electron chi connectivity index (χ2n) is 16.3. The number of hydrogen-bond acceptors (Lipinski definition) is 11. The number of nitrogens with one attached hydrogen (secondary N) is 4. The molecule has 290 valence electrons. The van der Waals surface area contributed by atoms with Crippen LogP contribution in [0.3, 0.4) is 0 Å². The number of carbonyl (C=O) groups excluding carboxylic acids is 4. The van der Waals surface area contributed by atoms with Crippen molar-refractivity contribution in [2.75, 3.05) is 33.2 Å². The van der Waals surface area contributed by atoms with Crippen molar-refractivity contribution >= 4 is 35.6 Å². The van der Waals surface area contributed by atoms with Gasteiger partial charge in [-0.15, -0.1) is 0 Å². The summed E-state index contributed by atoms with van der Waals surface area (Å²) < 4.78 is 11.8. The van der Waals surface area contributed by atoms with E-state index in [-0.39, 0.29) is 29.7 Å². The average Bonchev–Trinajstić information content (AvgIpc) is 3.46. The molecular formula is C37H70N6O6S. The van der Waals surface area contributed by atoms with Gasteiger partial charge in [0.05, 0.1) is 24.3 Å². The summed E-state index contributed by atoms with van der Waals surface area (Å²) in [6.45, 7) is 21.9. The van der Waals surface area contributed by atoms with Gasteiger partial charge in [-0.3, -0.25) is 29.8 Å². The maximum absolute atomic E-state index is 14.5. The number of hydrogen-bond donors (Lipinski definition) is 6. The highest BCUT2D eigenvalue weighted by Gasteiger charge is 2.45. The number of carbonyl (C=O) groups is 4. The normalized spacial score (nSPS) is 19.6. The molecule has 0 aliphatic carbocycles. The molecule has 1 rings (SSSR count). The molecule has 0 aromatic heterocycles. The molecule has 6 atom stereocenters. The zero-order valence-electron chi connectivity index (χ0n) is 32.8. The second-order valence-corrected chi connectivity index (χ2v) is 17.0. The van der Waals surface area contributed by atoms with Crippen LogP contribution in [0.25, 0.3) is 0 Å². The minimum Gasteiger partial charge on any atom is -0.365 e. The van der Waals surface area contributed by atoms with E-state index >= 15 is 0 Å². The predicted octanol–water partition coefficient (Wildman–Crippen LogP) is 4.35. The lowest BCUT2D eigenvalue weighted by atomic mass is 9.85. The first-order chi connectivity index (χ1) is 23.3. The second kappa shape index (κ2) is 22.3. The van der Waals surface area contributed by atoms with Gasteiger partial charge in [0.25, 0.3) is 0 Å². The Morgan fingerprint density at radius 3 is 2.20 bits per heavy atom. The average molecular weight is 727 g/mol. The van der Waals surface area contributed by atoms with Gasteiger partial charge in [0.2, 0.25) is 17.6 Å². The summed E-state index contributed by atoms with van der Waals surface area (Å²) >= 11 is 0.674. The lowest BCUT2D eigenvalue weighted by Gasteiger charge is -2.40. The van der Waals surface area contributed by atoms with Gasteiger partial charge < -0.3 is 25.2 Å². The molecule has 6 N–H and O–H groups in total. The Balaban J connectivity index is 3.36. The van der Waals surface area contributed by atoms with Gasteiger partial charge in [0.1, 0.15) is 6.04 Å². The zero-order chi connectivity index (χ0) is 38.2. The van der Waals surface area contributed by atoms with Crippen LogP contribution in [0.2, 0.25) is 0 Å². The predicted molar refractivity (Wildman–Crippen MR) is 203 cm³/mol. The molecule has 13 heteroatoms. The number of ketones is 2. The fraction of sp³-hybridized carbons (Fsp3) is 0.838. The van der Waals surface area contributed by atoms with Crippen LogP contribution in [-0.2, 0) is 19.2 Å². The fourth-order valence-electron chi connectivity index (χ4n) is 5.99. The SMILES string of the molecule is CCCCC(NC(=O)[C@@H]1CC(/C=C/CC(C)C)CN1C(=O)[C@@H](NC(O)N[C@H](CN(CCCNC)SO)C(C)(C)C)C(C)(C)C)C(=O)C(=O)CC. The third-order valence-electron chi connectivity index (χ3n) is 9.19. The van der Waals surface area contributed by atoms with Crippen molar-refractivity contribution in [1.82, 2.24) is 30.5 Å². The van der Waals surface area contributed by atoms with Gasteiger partial charge in [-0.1, -0.05) is 94.2 Å². The van der Waals surface area contributed by atoms with Crippen molar-refractivity contribution in [1.29, 1.82) is 0 Å². The smallest absolute Gasteiger partial charge is 0.243 e. The molecule has 1 saturated heterocycles. The number of likely N-dealkylation sites (tertiary alicyclic amines) is 1. The summed E-state index contributed by atoms with van der Waals surface area (Å²) in [6.07, 6.45) is 6.86. The molecule has 0 aromatic rings. The van der Waals surface area contributed by atoms with Gasteiger partial charge in [0.15, 0.2) is 12.1 Å². The van der Waals surface area contributed by atoms with E-state index in [1.807, 2.05) is 59.8 Å². The molecular weight excluding hydrogens is 657 g/mol. The number of amides is 2. The number of nitrogens with zero attached hydrogens (tertiary/aromatic N) is 2. The number of Topliss-reactive ketones (excluding diaryl/α,β-unsaturated/α-hetero) is 2. The lowest BCUT2D eigenvalue weighted by Crippen LogP contribution is -2.63. The quantitative estimate of drug-likeness (QED) is 0.0222. The van der Waals surface area contributed by atoms with Gasteiger partial charge in [-0.2, -0.15) is 0 Å². The molecule has 2 amide bonds. The van der Waals surface area contributed by atoms with Crippen molar-refractivity contribution in [3.8, 4) is 0 Å². The summed E-state index contributed by atoms with van der Waals surface area (Å²) in [5.74, 6) is -1.51. The van der Waals surface area contributed by atoms with E-state index in [1.165, 1.54) is 0 Å². The molecule has 12 nitrogen and oxygen atoms in total. The largest absolute Gasteiger partial charge is 0.365 e. The minimum absolute atomic E-state index is 0.0622. The highest BCUT2D eigenvalue weighted by Crippen LogP contribution is 2.30. The third kappa shape index (κ3) is 15.8. The number of unbranched alkanes of at least 4 members (excludes halogenated alkanes) is 1. The summed E-state index contributed by atoms with van der Waals surface area (Å²) in [5.41, 5.74) is -0.962. The molecule has 1 aliphatic heterocycles. The van der Waals surface area contributed by atoms with Crippen LogP contribution in [0.1, 0.15) is 114 Å². The van der Waals surface area contributed by atoms with E-state index in [4.69, 9.17) is 0 Å². The van der Waals surface area contributed by atoms with Crippen LogP contribution in [0.5, 0.6) is 0 Å². The van der Waals surface area contributed by atoms with E-state index in [2.05, 4.69) is 47.3 Å². The first kappa shape index (κ1) is 46.2. The Labute approximate surface area is 307 Å². The molecule has 0 saturated carbocycles. The van der Waals surface area contributed by atoms with Gasteiger partial charge in [-0.25, -0.2) is 4.31 Å². The maximum atomic E-state index is 14.5. The molecule has 0 spiro atoms. The van der Waals surface area contributed by atoms with Crippen LogP contribution in [0.15, 0.2) is 12.2 Å². The van der Waals surface area contributed by atoms with Crippen molar-refractivity contribution in [3.63, 3.8) is 0 Å². The maximum Gasteiger partial charge on any atom is 0.243 e. The molecule has 0 bridgehead atoms. The van der Waals surface area contributed by atoms with E-state index < -0.39 is 47.4 Å². The molecule has 50 heavy (non-hydrogen) atoms. The van der Waals surface area contributed by atoms with Crippen molar-refractivity contribution in [3.05, 3.63) is 12.2 Å². The van der Waals surface area contributed by atoms with Crippen LogP contribution < -0.4 is 21.3 Å². The zero-order valence-corrected chi connectivity index (χ0v) is 33.6. The Bertz CT molecular complexity index is 1090. The topological polar surface area (TPSA) is 163 Å². The summed E-state index contributed by atoms with van der Waals surface area (Å²) in [5, 5.41) is 23.7. The van der Waals surface area contributed by atoms with Gasteiger partial charge in [0, 0.05) is 32.1 Å². The summed E-state index contributed by atoms with van der Waals surface area (Å²) in [4.78, 5) is 55.4. The molecule has 0 radical (unpaired) electrons. The van der Waals surface area contributed by atoms with Gasteiger partial charge in [-0.05, 0) is 61.9 Å². The lowest BCUT2D eigenvalue weighted by molar-refractivity contribution is -0.144. The van der Waals surface area contributed by atoms with Crippen LogP contribution in [0.4, 0.5) is 0 Å².